The Kier molecular flexibility index (Phi) is 5.74. The second-order valence-corrected chi connectivity index (χ2v) is 5.38. The highest BCUT2D eigenvalue weighted by Crippen LogP contribution is 2.17. The largest absolute Gasteiger partial charge is 0.466 e. The summed E-state index contributed by atoms with van der Waals surface area (Å²) in [6.07, 6.45) is 6.10. The predicted molar refractivity (Wildman–Crippen MR) is 92.9 cm³/mol. The fourth-order valence-corrected chi connectivity index (χ4v) is 2.07. The van der Waals surface area contributed by atoms with Crippen LogP contribution < -0.4 is 0 Å². The number of hydrogen-bond donors (Lipinski definition) is 1. The number of carbonyl (C=O) groups excluding carboxylic acids is 1. The zero-order valence-electron chi connectivity index (χ0n) is 12.6. The van der Waals surface area contributed by atoms with Crippen LogP contribution in [0.1, 0.15) is 11.1 Å². The summed E-state index contributed by atoms with van der Waals surface area (Å²) in [5, 5.41) is 11.2. The van der Waals surface area contributed by atoms with Crippen molar-refractivity contribution in [2.24, 2.45) is 0 Å². The Morgan fingerprint density at radius 1 is 1.00 bits per heavy atom. The van der Waals surface area contributed by atoms with Crippen molar-refractivity contribution in [3.8, 4) is 0 Å². The highest BCUT2D eigenvalue weighted by atomic mass is 35.5. The minimum atomic E-state index is -1.84. The van der Waals surface area contributed by atoms with E-state index in [-0.39, 0.29) is 0 Å². The molecule has 0 aliphatic heterocycles. The maximum absolute atomic E-state index is 11.9. The molecule has 0 radical (unpaired) electrons. The van der Waals surface area contributed by atoms with Crippen LogP contribution in [-0.2, 0) is 9.53 Å². The Balaban J connectivity index is 2.26. The van der Waals surface area contributed by atoms with Crippen molar-refractivity contribution in [1.29, 1.82) is 0 Å². The Hall–Kier alpha value is -2.36. The van der Waals surface area contributed by atoms with E-state index in [2.05, 4.69) is 0 Å². The molecule has 0 aliphatic rings. The first kappa shape index (κ1) is 17.0. The summed E-state index contributed by atoms with van der Waals surface area (Å²) in [5.74, 6) is -0.755. The number of halogens is 1. The lowest BCUT2D eigenvalue weighted by molar-refractivity contribution is -0.153. The van der Waals surface area contributed by atoms with E-state index in [0.717, 1.165) is 11.1 Å². The second-order valence-electron chi connectivity index (χ2n) is 4.95. The minimum absolute atomic E-state index is 0.620. The second kappa shape index (κ2) is 7.77. The SMILES string of the molecule is COC(=O)[C@@](O)(/C=C/c1ccccc1)/C=C/c1ccc(Cl)cc1. The van der Waals surface area contributed by atoms with Crippen molar-refractivity contribution in [1.82, 2.24) is 0 Å². The van der Waals surface area contributed by atoms with Crippen molar-refractivity contribution in [2.75, 3.05) is 7.11 Å². The first-order chi connectivity index (χ1) is 11.0. The molecule has 1 atom stereocenters. The van der Waals surface area contributed by atoms with Gasteiger partial charge in [0.25, 0.3) is 0 Å². The normalized spacial score (nSPS) is 14.0. The van der Waals surface area contributed by atoms with Crippen LogP contribution in [-0.4, -0.2) is 23.8 Å². The number of methoxy groups -OCH3 is 1. The van der Waals surface area contributed by atoms with Crippen LogP contribution >= 0.6 is 11.6 Å². The van der Waals surface area contributed by atoms with Crippen molar-refractivity contribution >= 4 is 29.7 Å². The lowest BCUT2D eigenvalue weighted by Crippen LogP contribution is -2.35. The van der Waals surface area contributed by atoms with Crippen LogP contribution in [0.3, 0.4) is 0 Å². The molecule has 0 saturated carbocycles. The van der Waals surface area contributed by atoms with E-state index in [0.29, 0.717) is 5.02 Å². The van der Waals surface area contributed by atoms with Crippen molar-refractivity contribution in [3.63, 3.8) is 0 Å². The molecule has 0 bridgehead atoms. The predicted octanol–water partition coefficient (Wildman–Crippen LogP) is 3.97. The van der Waals surface area contributed by atoms with Gasteiger partial charge in [-0.1, -0.05) is 66.2 Å². The van der Waals surface area contributed by atoms with Gasteiger partial charge in [0, 0.05) is 5.02 Å². The van der Waals surface area contributed by atoms with E-state index in [1.807, 2.05) is 30.3 Å². The van der Waals surface area contributed by atoms with Gasteiger partial charge in [0.2, 0.25) is 0 Å². The van der Waals surface area contributed by atoms with Gasteiger partial charge in [0.05, 0.1) is 7.11 Å². The molecule has 118 valence electrons. The Morgan fingerprint density at radius 3 is 2.04 bits per heavy atom. The number of benzene rings is 2. The third-order valence-electron chi connectivity index (χ3n) is 3.24. The summed E-state index contributed by atoms with van der Waals surface area (Å²) in [5.41, 5.74) is -0.163. The quantitative estimate of drug-likeness (QED) is 0.845. The van der Waals surface area contributed by atoms with Crippen molar-refractivity contribution in [2.45, 2.75) is 5.60 Å². The van der Waals surface area contributed by atoms with Gasteiger partial charge < -0.3 is 9.84 Å². The fourth-order valence-electron chi connectivity index (χ4n) is 1.94. The average molecular weight is 329 g/mol. The molecule has 4 heteroatoms. The third-order valence-corrected chi connectivity index (χ3v) is 3.49. The van der Waals surface area contributed by atoms with Crippen LogP contribution in [0, 0.1) is 0 Å². The lowest BCUT2D eigenvalue weighted by atomic mass is 10.00. The molecule has 0 heterocycles. The molecule has 0 aliphatic carbocycles. The zero-order chi connectivity index (χ0) is 16.7. The van der Waals surface area contributed by atoms with Gasteiger partial charge in [-0.05, 0) is 35.4 Å². The third kappa shape index (κ3) is 4.81. The zero-order valence-corrected chi connectivity index (χ0v) is 13.4. The molecule has 0 spiro atoms. The Labute approximate surface area is 140 Å². The smallest absolute Gasteiger partial charge is 0.346 e. The molecule has 0 unspecified atom stereocenters. The van der Waals surface area contributed by atoms with Gasteiger partial charge in [-0.15, -0.1) is 0 Å². The fraction of sp³-hybridized carbons (Fsp3) is 0.105. The molecule has 0 amide bonds. The van der Waals surface area contributed by atoms with Crippen LogP contribution in [0.15, 0.2) is 66.7 Å². The van der Waals surface area contributed by atoms with Crippen LogP contribution in [0.4, 0.5) is 0 Å². The summed E-state index contributed by atoms with van der Waals surface area (Å²) in [7, 11) is 1.24. The topological polar surface area (TPSA) is 46.5 Å². The first-order valence-corrected chi connectivity index (χ1v) is 7.41. The summed E-state index contributed by atoms with van der Waals surface area (Å²) in [6.45, 7) is 0. The maximum Gasteiger partial charge on any atom is 0.346 e. The number of carbonyl (C=O) groups is 1. The van der Waals surface area contributed by atoms with Gasteiger partial charge >= 0.3 is 5.97 Å². The van der Waals surface area contributed by atoms with E-state index >= 15 is 0 Å². The highest BCUT2D eigenvalue weighted by Gasteiger charge is 2.31. The van der Waals surface area contributed by atoms with Gasteiger partial charge in [-0.2, -0.15) is 0 Å². The van der Waals surface area contributed by atoms with Gasteiger partial charge in [0.15, 0.2) is 5.60 Å². The summed E-state index contributed by atoms with van der Waals surface area (Å²) >= 11 is 5.83. The number of ether oxygens (including phenoxy) is 1. The molecule has 3 nitrogen and oxygen atoms in total. The van der Waals surface area contributed by atoms with Gasteiger partial charge in [-0.25, -0.2) is 4.79 Å². The summed E-state index contributed by atoms with van der Waals surface area (Å²) in [4.78, 5) is 11.9. The van der Waals surface area contributed by atoms with E-state index < -0.39 is 11.6 Å². The molecule has 2 aromatic carbocycles. The number of rotatable bonds is 5. The molecule has 0 saturated heterocycles. The van der Waals surface area contributed by atoms with Gasteiger partial charge in [0.1, 0.15) is 0 Å². The monoisotopic (exact) mass is 328 g/mol. The standard InChI is InChI=1S/C19H17ClO3/c1-23-18(21)19(22,13-11-15-5-3-2-4-6-15)14-12-16-7-9-17(20)10-8-16/h2-14,22H,1H3/b13-11+,14-12+/t19-/m1/s1. The van der Waals surface area contributed by atoms with E-state index in [4.69, 9.17) is 16.3 Å². The van der Waals surface area contributed by atoms with E-state index in [9.17, 15) is 9.90 Å². The van der Waals surface area contributed by atoms with Crippen molar-refractivity contribution < 1.29 is 14.6 Å². The van der Waals surface area contributed by atoms with Crippen LogP contribution in [0.5, 0.6) is 0 Å². The molecule has 23 heavy (non-hydrogen) atoms. The summed E-state index contributed by atoms with van der Waals surface area (Å²) in [6, 6.07) is 16.4. The Bertz CT molecular complexity index is 705. The lowest BCUT2D eigenvalue weighted by Gasteiger charge is -2.17. The minimum Gasteiger partial charge on any atom is -0.466 e. The van der Waals surface area contributed by atoms with E-state index in [1.165, 1.54) is 19.3 Å². The van der Waals surface area contributed by atoms with Crippen LogP contribution in [0.25, 0.3) is 12.2 Å². The molecular formula is C19H17ClO3. The summed E-state index contributed by atoms with van der Waals surface area (Å²) < 4.78 is 4.70. The maximum atomic E-state index is 11.9. The molecular weight excluding hydrogens is 312 g/mol. The molecule has 2 aromatic rings. The highest BCUT2D eigenvalue weighted by molar-refractivity contribution is 6.30. The molecule has 1 N–H and O–H groups in total. The Morgan fingerprint density at radius 2 is 1.52 bits per heavy atom. The molecule has 0 fully saturated rings. The number of esters is 1. The van der Waals surface area contributed by atoms with E-state index in [1.54, 1.807) is 36.4 Å². The molecule has 2 rings (SSSR count). The van der Waals surface area contributed by atoms with Crippen LogP contribution in [0.2, 0.25) is 5.02 Å². The average Bonchev–Trinajstić information content (AvgIpc) is 2.59. The molecule has 0 aromatic heterocycles. The first-order valence-electron chi connectivity index (χ1n) is 7.03. The number of aliphatic hydroxyl groups is 1. The van der Waals surface area contributed by atoms with Gasteiger partial charge in [-0.3, -0.25) is 0 Å². The number of hydrogen-bond acceptors (Lipinski definition) is 3. The van der Waals surface area contributed by atoms with Crippen molar-refractivity contribution in [3.05, 3.63) is 82.9 Å².